The van der Waals surface area contributed by atoms with E-state index in [1.54, 1.807) is 0 Å². The van der Waals surface area contributed by atoms with Crippen molar-refractivity contribution in [3.05, 3.63) is 18.2 Å². The third-order valence-corrected chi connectivity index (χ3v) is 6.44. The van der Waals surface area contributed by atoms with Crippen molar-refractivity contribution >= 4 is 23.5 Å². The summed E-state index contributed by atoms with van der Waals surface area (Å²) in [6.07, 6.45) is 5.23. The van der Waals surface area contributed by atoms with E-state index in [2.05, 4.69) is 11.9 Å². The van der Waals surface area contributed by atoms with Crippen molar-refractivity contribution in [2.24, 2.45) is 7.05 Å². The summed E-state index contributed by atoms with van der Waals surface area (Å²) in [7, 11) is 2.00. The molecule has 0 bridgehead atoms. The zero-order valence-electron chi connectivity index (χ0n) is 10.4. The monoisotopic (exact) mass is 272 g/mol. The molecule has 1 aliphatic rings. The van der Waals surface area contributed by atoms with Gasteiger partial charge in [0.25, 0.3) is 0 Å². The largest absolute Gasteiger partial charge is 0.392 e. The summed E-state index contributed by atoms with van der Waals surface area (Å²) in [5.74, 6) is 3.44. The van der Waals surface area contributed by atoms with E-state index in [1.165, 1.54) is 11.5 Å². The highest BCUT2D eigenvalue weighted by Crippen LogP contribution is 2.34. The fourth-order valence-corrected chi connectivity index (χ4v) is 5.04. The molecular formula is C12H20N2OS2. The van der Waals surface area contributed by atoms with Crippen molar-refractivity contribution in [2.45, 2.75) is 36.4 Å². The highest BCUT2D eigenvalue weighted by Gasteiger charge is 2.28. The Hall–Kier alpha value is -0.130. The molecule has 0 aromatic carbocycles. The van der Waals surface area contributed by atoms with Gasteiger partial charge in [0.1, 0.15) is 5.82 Å². The number of aliphatic hydroxyl groups excluding tert-OH is 1. The van der Waals surface area contributed by atoms with Crippen LogP contribution in [-0.2, 0) is 13.5 Å². The molecule has 3 nitrogen and oxygen atoms in total. The molecule has 5 heteroatoms. The van der Waals surface area contributed by atoms with Crippen LogP contribution in [0, 0.1) is 0 Å². The zero-order chi connectivity index (χ0) is 12.3. The maximum Gasteiger partial charge on any atom is 0.108 e. The summed E-state index contributed by atoms with van der Waals surface area (Å²) >= 11 is 3.90. The molecule has 1 fully saturated rings. The minimum absolute atomic E-state index is 0.209. The van der Waals surface area contributed by atoms with Crippen LogP contribution in [0.4, 0.5) is 0 Å². The second-order valence-corrected chi connectivity index (χ2v) is 7.24. The van der Waals surface area contributed by atoms with Gasteiger partial charge in [-0.3, -0.25) is 0 Å². The van der Waals surface area contributed by atoms with Crippen molar-refractivity contribution in [3.63, 3.8) is 0 Å². The van der Waals surface area contributed by atoms with E-state index < -0.39 is 0 Å². The van der Waals surface area contributed by atoms with Gasteiger partial charge >= 0.3 is 0 Å². The quantitative estimate of drug-likeness (QED) is 0.909. The average Bonchev–Trinajstić information content (AvgIpc) is 2.72. The molecule has 17 heavy (non-hydrogen) atoms. The minimum Gasteiger partial charge on any atom is -0.392 e. The van der Waals surface area contributed by atoms with Gasteiger partial charge in [-0.2, -0.15) is 23.5 Å². The van der Waals surface area contributed by atoms with Crippen LogP contribution in [0.25, 0.3) is 0 Å². The normalized spacial score (nSPS) is 27.0. The van der Waals surface area contributed by atoms with E-state index in [-0.39, 0.29) is 6.10 Å². The van der Waals surface area contributed by atoms with Gasteiger partial charge in [-0.1, -0.05) is 6.92 Å². The van der Waals surface area contributed by atoms with Gasteiger partial charge in [0.15, 0.2) is 0 Å². The SMILES string of the molecule is CC1SCCSC1C(O)CCc1nccn1C. The number of hydrogen-bond donors (Lipinski definition) is 1. The number of aliphatic hydroxyl groups is 1. The van der Waals surface area contributed by atoms with Gasteiger partial charge in [0.05, 0.1) is 6.10 Å². The van der Waals surface area contributed by atoms with Gasteiger partial charge < -0.3 is 9.67 Å². The molecule has 96 valence electrons. The Morgan fingerprint density at radius 1 is 1.53 bits per heavy atom. The van der Waals surface area contributed by atoms with Crippen LogP contribution in [0.3, 0.4) is 0 Å². The first-order valence-corrected chi connectivity index (χ1v) is 8.15. The number of aromatic nitrogens is 2. The Bertz CT molecular complexity index is 356. The summed E-state index contributed by atoms with van der Waals surface area (Å²) in [5.41, 5.74) is 0. The second-order valence-electron chi connectivity index (χ2n) is 4.47. The van der Waals surface area contributed by atoms with Gasteiger partial charge in [0, 0.05) is 47.9 Å². The Balaban J connectivity index is 1.84. The van der Waals surface area contributed by atoms with E-state index >= 15 is 0 Å². The summed E-state index contributed by atoms with van der Waals surface area (Å²) in [4.78, 5) is 4.29. The van der Waals surface area contributed by atoms with E-state index in [1.807, 2.05) is 47.5 Å². The molecule has 3 unspecified atom stereocenters. The Morgan fingerprint density at radius 3 is 2.94 bits per heavy atom. The lowest BCUT2D eigenvalue weighted by molar-refractivity contribution is 0.160. The molecule has 2 rings (SSSR count). The molecule has 0 aliphatic carbocycles. The number of nitrogens with zero attached hydrogens (tertiary/aromatic N) is 2. The van der Waals surface area contributed by atoms with Crippen molar-refractivity contribution in [1.29, 1.82) is 0 Å². The molecule has 1 saturated heterocycles. The molecule has 3 atom stereocenters. The highest BCUT2D eigenvalue weighted by atomic mass is 32.2. The maximum atomic E-state index is 10.3. The lowest BCUT2D eigenvalue weighted by Gasteiger charge is -2.31. The van der Waals surface area contributed by atoms with E-state index in [0.29, 0.717) is 10.5 Å². The number of thioether (sulfide) groups is 2. The molecule has 1 aromatic rings. The smallest absolute Gasteiger partial charge is 0.108 e. The predicted octanol–water partition coefficient (Wildman–Crippen LogP) is 1.95. The topological polar surface area (TPSA) is 38.1 Å². The molecule has 0 radical (unpaired) electrons. The Kier molecular flexibility index (Phi) is 4.82. The van der Waals surface area contributed by atoms with Crippen molar-refractivity contribution in [1.82, 2.24) is 9.55 Å². The van der Waals surface area contributed by atoms with Crippen LogP contribution in [0.1, 0.15) is 19.2 Å². The summed E-state index contributed by atoms with van der Waals surface area (Å²) in [6.45, 7) is 2.23. The number of imidazole rings is 1. The second kappa shape index (κ2) is 6.16. The summed E-state index contributed by atoms with van der Waals surface area (Å²) in [5, 5.41) is 11.2. The van der Waals surface area contributed by atoms with Crippen molar-refractivity contribution < 1.29 is 5.11 Å². The van der Waals surface area contributed by atoms with E-state index in [4.69, 9.17) is 0 Å². The first-order chi connectivity index (χ1) is 8.18. The zero-order valence-corrected chi connectivity index (χ0v) is 12.0. The van der Waals surface area contributed by atoms with Crippen LogP contribution in [0.2, 0.25) is 0 Å². The summed E-state index contributed by atoms with van der Waals surface area (Å²) < 4.78 is 2.03. The van der Waals surface area contributed by atoms with Gasteiger partial charge in [-0.05, 0) is 6.42 Å². The van der Waals surface area contributed by atoms with Crippen molar-refractivity contribution in [2.75, 3.05) is 11.5 Å². The first kappa shape index (κ1) is 13.3. The van der Waals surface area contributed by atoms with Crippen LogP contribution < -0.4 is 0 Å². The minimum atomic E-state index is -0.209. The van der Waals surface area contributed by atoms with Crippen LogP contribution in [0.15, 0.2) is 12.4 Å². The predicted molar refractivity (Wildman–Crippen MR) is 75.7 cm³/mol. The molecule has 0 saturated carbocycles. The molecule has 2 heterocycles. The fraction of sp³-hybridized carbons (Fsp3) is 0.750. The molecule has 0 amide bonds. The van der Waals surface area contributed by atoms with Gasteiger partial charge in [-0.25, -0.2) is 4.98 Å². The van der Waals surface area contributed by atoms with Crippen molar-refractivity contribution in [3.8, 4) is 0 Å². The van der Waals surface area contributed by atoms with Crippen LogP contribution >= 0.6 is 23.5 Å². The van der Waals surface area contributed by atoms with Gasteiger partial charge in [-0.15, -0.1) is 0 Å². The number of aryl methyl sites for hydroxylation is 2. The highest BCUT2D eigenvalue weighted by molar-refractivity contribution is 8.07. The van der Waals surface area contributed by atoms with Crippen LogP contribution in [0.5, 0.6) is 0 Å². The molecule has 1 aliphatic heterocycles. The molecule has 1 aromatic heterocycles. The Morgan fingerprint density at radius 2 is 2.29 bits per heavy atom. The molecule has 1 N–H and O–H groups in total. The Labute approximate surface area is 111 Å². The summed E-state index contributed by atoms with van der Waals surface area (Å²) in [6, 6.07) is 0. The third kappa shape index (κ3) is 3.42. The maximum absolute atomic E-state index is 10.3. The average molecular weight is 272 g/mol. The lowest BCUT2D eigenvalue weighted by Crippen LogP contribution is -2.35. The standard InChI is InChI=1S/C12H20N2OS2/c1-9-12(17-8-7-16-9)10(15)3-4-11-13-5-6-14(11)2/h5-6,9-10,12,15H,3-4,7-8H2,1-2H3. The van der Waals surface area contributed by atoms with Gasteiger partial charge in [0.2, 0.25) is 0 Å². The lowest BCUT2D eigenvalue weighted by atomic mass is 10.1. The fourth-order valence-electron chi connectivity index (χ4n) is 2.15. The molecular weight excluding hydrogens is 252 g/mol. The molecule has 0 spiro atoms. The third-order valence-electron chi connectivity index (χ3n) is 3.20. The number of rotatable bonds is 4. The van der Waals surface area contributed by atoms with E-state index in [9.17, 15) is 5.11 Å². The number of hydrogen-bond acceptors (Lipinski definition) is 4. The van der Waals surface area contributed by atoms with Crippen LogP contribution in [-0.4, -0.2) is 42.8 Å². The van der Waals surface area contributed by atoms with E-state index in [0.717, 1.165) is 18.7 Å². The first-order valence-electron chi connectivity index (χ1n) is 6.06.